The molecule has 0 aliphatic carbocycles. The number of methoxy groups -OCH3 is 2. The fourth-order valence-corrected chi connectivity index (χ4v) is 6.12. The highest BCUT2D eigenvalue weighted by atomic mass is 32.2. The minimum Gasteiger partial charge on any atom is -0.496 e. The number of benzene rings is 2. The molecule has 2 aromatic carbocycles. The highest BCUT2D eigenvalue weighted by Crippen LogP contribution is 2.43. The number of hydrogen-bond acceptors (Lipinski definition) is 8. The fourth-order valence-electron chi connectivity index (χ4n) is 4.12. The molecule has 0 saturated carbocycles. The smallest absolute Gasteiger partial charge is 0.342 e. The molecule has 0 fully saturated rings. The molecule has 9 heteroatoms. The Morgan fingerprint density at radius 3 is 2.40 bits per heavy atom. The number of sulfone groups is 1. The number of likely N-dealkylation sites (N-methyl/N-ethyl adjacent to an activating group) is 2. The summed E-state index contributed by atoms with van der Waals surface area (Å²) in [5.74, 6) is -0.451. The third-order valence-electron chi connectivity index (χ3n) is 5.83. The van der Waals surface area contributed by atoms with Crippen molar-refractivity contribution < 1.29 is 27.1 Å². The number of nitrogens with zero attached hydrogens (tertiary/aromatic N) is 1. The average Bonchev–Trinajstić information content (AvgIpc) is 3.42. The van der Waals surface area contributed by atoms with Gasteiger partial charge in [0.15, 0.2) is 9.84 Å². The van der Waals surface area contributed by atoms with Crippen LogP contribution in [0, 0.1) is 0 Å². The summed E-state index contributed by atoms with van der Waals surface area (Å²) in [6.07, 6.45) is 3.03. The maximum Gasteiger partial charge on any atom is 0.342 e. The van der Waals surface area contributed by atoms with Crippen molar-refractivity contribution in [1.82, 2.24) is 10.2 Å². The molecule has 1 atom stereocenters. The minimum absolute atomic E-state index is 0.0695. The maximum atomic E-state index is 14.3. The third kappa shape index (κ3) is 5.58. The van der Waals surface area contributed by atoms with Gasteiger partial charge in [-0.05, 0) is 42.9 Å². The lowest BCUT2D eigenvalue weighted by molar-refractivity contribution is 0.0594. The number of nitrogens with one attached hydrogen (secondary N) is 1. The van der Waals surface area contributed by atoms with Crippen LogP contribution in [0.1, 0.15) is 35.1 Å². The summed E-state index contributed by atoms with van der Waals surface area (Å²) in [5.41, 5.74) is 1.55. The summed E-state index contributed by atoms with van der Waals surface area (Å²) in [6, 6.07) is 13.4. The highest BCUT2D eigenvalue weighted by molar-refractivity contribution is 7.91. The molecule has 1 heterocycles. The number of carbonyl (C=O) groups is 1. The van der Waals surface area contributed by atoms with Gasteiger partial charge in [0.25, 0.3) is 0 Å². The normalized spacial score (nSPS) is 12.5. The lowest BCUT2D eigenvalue weighted by Gasteiger charge is -2.33. The molecule has 35 heavy (non-hydrogen) atoms. The quantitative estimate of drug-likeness (QED) is 0.293. The van der Waals surface area contributed by atoms with E-state index in [0.717, 1.165) is 6.54 Å². The molecular weight excluding hydrogens is 468 g/mol. The molecular formula is C26H32N2O6S. The fraction of sp³-hybridized carbons (Fsp3) is 0.346. The average molecular weight is 501 g/mol. The predicted octanol–water partition coefficient (Wildman–Crippen LogP) is 4.15. The molecule has 0 bridgehead atoms. The number of hydrogen-bond donors (Lipinski definition) is 1. The van der Waals surface area contributed by atoms with Crippen molar-refractivity contribution >= 4 is 15.8 Å². The van der Waals surface area contributed by atoms with Crippen LogP contribution in [-0.4, -0.2) is 59.7 Å². The zero-order valence-electron chi connectivity index (χ0n) is 20.5. The molecule has 188 valence electrons. The van der Waals surface area contributed by atoms with Gasteiger partial charge in [0, 0.05) is 24.2 Å². The standard InChI is InChI=1S/C26H32N2O6S/c1-5-27-15-16-28(6-2)25(35(30,31)20-10-8-7-9-11-20)23-21(19-14-17-34-18-19)12-13-22(32-3)24(23)26(29)33-4/h7-14,17-18,25,27H,5-6,15-16H2,1-4H3. The SMILES string of the molecule is CCNCCN(CC)C(c1c(-c2ccoc2)ccc(OC)c1C(=O)OC)S(=O)(=O)c1ccccc1. The Morgan fingerprint density at radius 1 is 1.09 bits per heavy atom. The Labute approximate surface area is 206 Å². The number of ether oxygens (including phenoxy) is 2. The van der Waals surface area contributed by atoms with Crippen LogP contribution >= 0.6 is 0 Å². The lowest BCUT2D eigenvalue weighted by atomic mass is 9.95. The van der Waals surface area contributed by atoms with Crippen molar-refractivity contribution in [3.05, 3.63) is 72.2 Å². The molecule has 0 spiro atoms. The lowest BCUT2D eigenvalue weighted by Crippen LogP contribution is -2.39. The van der Waals surface area contributed by atoms with Gasteiger partial charge in [-0.2, -0.15) is 0 Å². The van der Waals surface area contributed by atoms with E-state index in [9.17, 15) is 13.2 Å². The first-order chi connectivity index (χ1) is 16.9. The van der Waals surface area contributed by atoms with E-state index in [4.69, 9.17) is 13.9 Å². The van der Waals surface area contributed by atoms with Crippen molar-refractivity contribution in [3.8, 4) is 16.9 Å². The predicted molar refractivity (Wildman–Crippen MR) is 134 cm³/mol. The van der Waals surface area contributed by atoms with Gasteiger partial charge in [-0.3, -0.25) is 4.90 Å². The largest absolute Gasteiger partial charge is 0.496 e. The summed E-state index contributed by atoms with van der Waals surface area (Å²) < 4.78 is 44.5. The van der Waals surface area contributed by atoms with Crippen LogP contribution in [0.3, 0.4) is 0 Å². The van der Waals surface area contributed by atoms with E-state index in [0.29, 0.717) is 36.3 Å². The molecule has 3 aromatic rings. The molecule has 0 aliphatic rings. The van der Waals surface area contributed by atoms with Gasteiger partial charge < -0.3 is 19.2 Å². The molecule has 1 N–H and O–H groups in total. The Balaban J connectivity index is 2.40. The maximum absolute atomic E-state index is 14.3. The van der Waals surface area contributed by atoms with Gasteiger partial charge in [0.1, 0.15) is 16.7 Å². The zero-order chi connectivity index (χ0) is 25.4. The van der Waals surface area contributed by atoms with Crippen molar-refractivity contribution in [2.24, 2.45) is 0 Å². The van der Waals surface area contributed by atoms with Crippen LogP contribution in [0.4, 0.5) is 0 Å². The van der Waals surface area contributed by atoms with E-state index in [2.05, 4.69) is 5.32 Å². The summed E-state index contributed by atoms with van der Waals surface area (Å²) in [4.78, 5) is 15.1. The van der Waals surface area contributed by atoms with Crippen LogP contribution in [0.5, 0.6) is 5.75 Å². The second kappa shape index (κ2) is 12.0. The summed E-state index contributed by atoms with van der Waals surface area (Å²) >= 11 is 0. The first-order valence-corrected chi connectivity index (χ1v) is 13.0. The molecule has 0 saturated heterocycles. The van der Waals surface area contributed by atoms with Gasteiger partial charge in [-0.25, -0.2) is 13.2 Å². The Hall–Kier alpha value is -3.14. The van der Waals surface area contributed by atoms with Crippen molar-refractivity contribution in [1.29, 1.82) is 0 Å². The van der Waals surface area contributed by atoms with E-state index in [-0.39, 0.29) is 16.2 Å². The zero-order valence-corrected chi connectivity index (χ0v) is 21.3. The summed E-state index contributed by atoms with van der Waals surface area (Å²) in [7, 11) is -1.30. The minimum atomic E-state index is -4.00. The van der Waals surface area contributed by atoms with E-state index in [1.807, 2.05) is 18.7 Å². The first-order valence-electron chi connectivity index (χ1n) is 11.5. The third-order valence-corrected chi connectivity index (χ3v) is 7.88. The van der Waals surface area contributed by atoms with Crippen LogP contribution < -0.4 is 10.1 Å². The van der Waals surface area contributed by atoms with E-state index in [1.165, 1.54) is 26.7 Å². The first kappa shape index (κ1) is 26.5. The van der Waals surface area contributed by atoms with E-state index < -0.39 is 21.2 Å². The van der Waals surface area contributed by atoms with E-state index in [1.54, 1.807) is 48.5 Å². The van der Waals surface area contributed by atoms with E-state index >= 15 is 0 Å². The summed E-state index contributed by atoms with van der Waals surface area (Å²) in [5, 5.41) is 2.06. The monoisotopic (exact) mass is 500 g/mol. The van der Waals surface area contributed by atoms with Crippen LogP contribution in [0.2, 0.25) is 0 Å². The molecule has 0 aliphatic heterocycles. The Morgan fingerprint density at radius 2 is 1.83 bits per heavy atom. The van der Waals surface area contributed by atoms with Crippen molar-refractivity contribution in [2.45, 2.75) is 24.1 Å². The van der Waals surface area contributed by atoms with Gasteiger partial charge in [0.2, 0.25) is 0 Å². The molecule has 1 unspecified atom stereocenters. The second-order valence-electron chi connectivity index (χ2n) is 7.80. The van der Waals surface area contributed by atoms with Gasteiger partial charge in [-0.15, -0.1) is 0 Å². The van der Waals surface area contributed by atoms with Crippen LogP contribution in [-0.2, 0) is 14.6 Å². The number of furan rings is 1. The molecule has 0 amide bonds. The molecule has 0 radical (unpaired) electrons. The van der Waals surface area contributed by atoms with Crippen molar-refractivity contribution in [3.63, 3.8) is 0 Å². The molecule has 1 aromatic heterocycles. The molecule has 3 rings (SSSR count). The van der Waals surface area contributed by atoms with Crippen LogP contribution in [0.25, 0.3) is 11.1 Å². The summed E-state index contributed by atoms with van der Waals surface area (Å²) in [6.45, 7) is 6.07. The van der Waals surface area contributed by atoms with Gasteiger partial charge in [-0.1, -0.05) is 38.1 Å². The molecule has 8 nitrogen and oxygen atoms in total. The number of esters is 1. The second-order valence-corrected chi connectivity index (χ2v) is 9.81. The van der Waals surface area contributed by atoms with Crippen molar-refractivity contribution in [2.75, 3.05) is 40.4 Å². The van der Waals surface area contributed by atoms with Crippen LogP contribution in [0.15, 0.2) is 70.4 Å². The van der Waals surface area contributed by atoms with Gasteiger partial charge in [0.05, 0.1) is 31.6 Å². The van der Waals surface area contributed by atoms with Gasteiger partial charge >= 0.3 is 5.97 Å². The topological polar surface area (TPSA) is 98.1 Å². The number of rotatable bonds is 12. The number of carbonyl (C=O) groups excluding carboxylic acids is 1. The Kier molecular flexibility index (Phi) is 9.08. The Bertz CT molecular complexity index is 1210. The highest BCUT2D eigenvalue weighted by Gasteiger charge is 2.40.